The Balaban J connectivity index is 1.21. The molecule has 0 bridgehead atoms. The van der Waals surface area contributed by atoms with Crippen molar-refractivity contribution in [3.05, 3.63) is 172 Å². The van der Waals surface area contributed by atoms with E-state index in [4.69, 9.17) is 0 Å². The molecule has 0 amide bonds. The molecule has 7 aromatic carbocycles. The van der Waals surface area contributed by atoms with Crippen LogP contribution >= 0.6 is 23.1 Å². The fourth-order valence-corrected chi connectivity index (χ4v) is 11.3. The number of rotatable bonds is 4. The normalized spacial score (nSPS) is 15.9. The number of thiophene rings is 1. The van der Waals surface area contributed by atoms with E-state index in [0.717, 1.165) is 18.6 Å². The molecule has 0 atom stereocenters. The second-order valence-electron chi connectivity index (χ2n) is 14.5. The van der Waals surface area contributed by atoms with Crippen molar-refractivity contribution in [2.24, 2.45) is 0 Å². The number of benzene rings is 7. The maximum Gasteiger partial charge on any atom is 0.0391 e. The van der Waals surface area contributed by atoms with Crippen LogP contribution in [0.3, 0.4) is 0 Å². The predicted molar refractivity (Wildman–Crippen MR) is 241 cm³/mol. The highest BCUT2D eigenvalue weighted by Crippen LogP contribution is 2.45. The van der Waals surface area contributed by atoms with E-state index in [1.807, 2.05) is 23.1 Å². The van der Waals surface area contributed by atoms with Crippen molar-refractivity contribution in [3.8, 4) is 11.1 Å². The molecule has 8 aromatic rings. The number of fused-ring (bicyclic) bond motifs is 6. The number of hydrogen-bond donors (Lipinski definition) is 0. The summed E-state index contributed by atoms with van der Waals surface area (Å²) in [5.41, 5.74) is 13.6. The highest BCUT2D eigenvalue weighted by atomic mass is 32.2. The fourth-order valence-electron chi connectivity index (χ4n) is 9.01. The predicted octanol–water partition coefficient (Wildman–Crippen LogP) is 13.8. The van der Waals surface area contributed by atoms with E-state index >= 15 is 0 Å². The van der Waals surface area contributed by atoms with Crippen molar-refractivity contribution in [2.75, 3.05) is 5.75 Å². The largest absolute Gasteiger partial charge is 0.135 e. The van der Waals surface area contributed by atoms with Crippen molar-refractivity contribution in [3.63, 3.8) is 0 Å². The molecule has 0 unspecified atom stereocenters. The molecule has 260 valence electrons. The van der Waals surface area contributed by atoms with Gasteiger partial charge < -0.3 is 0 Å². The van der Waals surface area contributed by atoms with Gasteiger partial charge in [0.2, 0.25) is 0 Å². The molecule has 0 nitrogen and oxygen atoms in total. The van der Waals surface area contributed by atoms with Crippen LogP contribution in [-0.4, -0.2) is 5.75 Å². The van der Waals surface area contributed by atoms with Crippen LogP contribution in [0, 0.1) is 6.92 Å². The van der Waals surface area contributed by atoms with Crippen LogP contribution in [0.25, 0.3) is 87.8 Å². The molecule has 1 aromatic heterocycles. The lowest BCUT2D eigenvalue weighted by molar-refractivity contribution is 1.06. The van der Waals surface area contributed by atoms with Crippen LogP contribution in [0.1, 0.15) is 54.5 Å². The van der Waals surface area contributed by atoms with Crippen molar-refractivity contribution >= 4 is 99.8 Å². The Labute approximate surface area is 325 Å². The molecule has 2 aliphatic rings. The van der Waals surface area contributed by atoms with Gasteiger partial charge in [0.05, 0.1) is 0 Å². The summed E-state index contributed by atoms with van der Waals surface area (Å²) in [6, 6.07) is 45.1. The van der Waals surface area contributed by atoms with E-state index in [0.29, 0.717) is 0 Å². The van der Waals surface area contributed by atoms with Gasteiger partial charge in [0.15, 0.2) is 0 Å². The molecule has 0 saturated carbocycles. The zero-order valence-corrected chi connectivity index (χ0v) is 32.5. The molecule has 54 heavy (non-hydrogen) atoms. The van der Waals surface area contributed by atoms with E-state index in [9.17, 15) is 0 Å². The molecule has 2 heteroatoms. The molecule has 1 aliphatic carbocycles. The summed E-state index contributed by atoms with van der Waals surface area (Å²) >= 11 is 3.89. The standard InChI is InChI=1S/C52H40S2/c1-4-39-40(5-2)51(37-26-25-33-15-6-7-16-34(33)27-37)44-22-9-8-21-43(44)50(39)36-18-14-17-35(28-36)46-30-47-42-20-11-13-24-49(42)54-52(47)32(3)45(46)29-38-31-53-48-23-12-10-19-41(38)48/h4-13,15-17,19-30H,14,18,31H2,1-3H3/b38-29+,39-4+,40-5+. The average molecular weight is 729 g/mol. The Morgan fingerprint density at radius 2 is 1.33 bits per heavy atom. The third-order valence-electron chi connectivity index (χ3n) is 11.5. The zero-order chi connectivity index (χ0) is 36.3. The highest BCUT2D eigenvalue weighted by molar-refractivity contribution is 8.00. The van der Waals surface area contributed by atoms with Gasteiger partial charge in [0, 0.05) is 30.8 Å². The lowest BCUT2D eigenvalue weighted by Crippen LogP contribution is -2.31. The Kier molecular flexibility index (Phi) is 8.27. The minimum Gasteiger partial charge on any atom is -0.135 e. The third-order valence-corrected chi connectivity index (χ3v) is 14.0. The molecule has 10 rings (SSSR count). The van der Waals surface area contributed by atoms with E-state index in [1.54, 1.807) is 0 Å². The molecule has 0 N–H and O–H groups in total. The van der Waals surface area contributed by atoms with Crippen LogP contribution in [0.4, 0.5) is 0 Å². The summed E-state index contributed by atoms with van der Waals surface area (Å²) in [6.07, 6.45) is 14.2. The van der Waals surface area contributed by atoms with Crippen LogP contribution in [0.5, 0.6) is 0 Å². The Hall–Kier alpha value is -5.41. The monoisotopic (exact) mass is 728 g/mol. The lowest BCUT2D eigenvalue weighted by Gasteiger charge is -2.22. The van der Waals surface area contributed by atoms with Crippen molar-refractivity contribution in [1.29, 1.82) is 0 Å². The first-order valence-electron chi connectivity index (χ1n) is 19.1. The molecule has 0 fully saturated rings. The Morgan fingerprint density at radius 1 is 0.630 bits per heavy atom. The van der Waals surface area contributed by atoms with E-state index in [1.165, 1.54) is 113 Å². The van der Waals surface area contributed by atoms with Gasteiger partial charge in [0.25, 0.3) is 0 Å². The van der Waals surface area contributed by atoms with Crippen molar-refractivity contribution < 1.29 is 0 Å². The smallest absolute Gasteiger partial charge is 0.0391 e. The number of thioether (sulfide) groups is 1. The Morgan fingerprint density at radius 3 is 2.17 bits per heavy atom. The van der Waals surface area contributed by atoms with Crippen molar-refractivity contribution in [2.45, 2.75) is 38.5 Å². The summed E-state index contributed by atoms with van der Waals surface area (Å²) in [5, 5.41) is 10.5. The van der Waals surface area contributed by atoms with Gasteiger partial charge in [-0.05, 0) is 152 Å². The van der Waals surface area contributed by atoms with Gasteiger partial charge in [-0.3, -0.25) is 0 Å². The molecule has 0 saturated heterocycles. The van der Waals surface area contributed by atoms with Gasteiger partial charge in [0.1, 0.15) is 0 Å². The molecule has 2 heterocycles. The van der Waals surface area contributed by atoms with E-state index < -0.39 is 0 Å². The van der Waals surface area contributed by atoms with Crippen LogP contribution in [-0.2, 0) is 0 Å². The second kappa shape index (κ2) is 13.5. The van der Waals surface area contributed by atoms with Crippen molar-refractivity contribution in [1.82, 2.24) is 0 Å². The second-order valence-corrected chi connectivity index (χ2v) is 16.6. The lowest BCUT2D eigenvalue weighted by atomic mass is 9.82. The minimum atomic E-state index is 1.00. The topological polar surface area (TPSA) is 0 Å². The van der Waals surface area contributed by atoms with Gasteiger partial charge >= 0.3 is 0 Å². The van der Waals surface area contributed by atoms with Gasteiger partial charge in [-0.15, -0.1) is 23.1 Å². The summed E-state index contributed by atoms with van der Waals surface area (Å²) in [5.74, 6) is 1.00. The summed E-state index contributed by atoms with van der Waals surface area (Å²) in [4.78, 5) is 1.39. The van der Waals surface area contributed by atoms with Crippen LogP contribution < -0.4 is 10.4 Å². The summed E-state index contributed by atoms with van der Waals surface area (Å²) < 4.78 is 2.75. The van der Waals surface area contributed by atoms with Crippen LogP contribution in [0.2, 0.25) is 0 Å². The Bertz CT molecular complexity index is 3070. The van der Waals surface area contributed by atoms with Gasteiger partial charge in [-0.25, -0.2) is 0 Å². The highest BCUT2D eigenvalue weighted by Gasteiger charge is 2.23. The minimum absolute atomic E-state index is 1.00. The molecular weight excluding hydrogens is 689 g/mol. The van der Waals surface area contributed by atoms with E-state index in [2.05, 4.69) is 172 Å². The first-order valence-corrected chi connectivity index (χ1v) is 20.9. The molecule has 0 radical (unpaired) electrons. The summed E-state index contributed by atoms with van der Waals surface area (Å²) in [7, 11) is 0. The van der Waals surface area contributed by atoms with E-state index in [-0.39, 0.29) is 0 Å². The molecule has 0 spiro atoms. The number of hydrogen-bond acceptors (Lipinski definition) is 2. The third kappa shape index (κ3) is 5.35. The number of allylic oxidation sites excluding steroid dienone is 4. The van der Waals surface area contributed by atoms with Crippen LogP contribution in [0.15, 0.2) is 138 Å². The van der Waals surface area contributed by atoms with Gasteiger partial charge in [-0.2, -0.15) is 0 Å². The maximum atomic E-state index is 2.53. The fraction of sp³-hybridized carbons (Fsp3) is 0.115. The average Bonchev–Trinajstić information content (AvgIpc) is 3.82. The molecular formula is C52H40S2. The SMILES string of the molecule is C/C=c1/c(C2=CC(c3cc4c(sc5ccccc54)c(C)c3/C=C3\CSc4ccccc43)=CCC2)c2ccccc2c(-c2ccc3ccccc3c2)/c1=C/C. The summed E-state index contributed by atoms with van der Waals surface area (Å²) in [6.45, 7) is 6.77. The number of aryl methyl sites for hydroxylation is 1. The quantitative estimate of drug-likeness (QED) is 0.174. The van der Waals surface area contributed by atoms with Gasteiger partial charge in [-0.1, -0.05) is 121 Å². The zero-order valence-electron chi connectivity index (χ0n) is 30.9. The maximum absolute atomic E-state index is 2.53. The molecule has 1 aliphatic heterocycles. The first-order chi connectivity index (χ1) is 26.6. The first kappa shape index (κ1) is 33.2.